The van der Waals surface area contributed by atoms with E-state index in [1.165, 1.54) is 11.8 Å². The number of rotatable bonds is 6. The van der Waals surface area contributed by atoms with Crippen molar-refractivity contribution in [3.8, 4) is 17.1 Å². The number of carbonyl (C=O) groups is 1. The predicted octanol–water partition coefficient (Wildman–Crippen LogP) is 4.16. The van der Waals surface area contributed by atoms with Gasteiger partial charge in [-0.15, -0.1) is 5.10 Å². The molecule has 0 saturated carbocycles. The van der Waals surface area contributed by atoms with E-state index < -0.39 is 0 Å². The molecule has 2 heterocycles. The lowest BCUT2D eigenvalue weighted by molar-refractivity contribution is 0.0944. The summed E-state index contributed by atoms with van der Waals surface area (Å²) in [6.07, 6.45) is 1.60. The molecule has 0 saturated heterocycles. The molecule has 0 spiro atoms. The highest BCUT2D eigenvalue weighted by Crippen LogP contribution is 2.23. The normalized spacial score (nSPS) is 10.7. The Morgan fingerprint density at radius 3 is 2.62 bits per heavy atom. The summed E-state index contributed by atoms with van der Waals surface area (Å²) in [4.78, 5) is 17.8. The van der Waals surface area contributed by atoms with Gasteiger partial charge in [0.2, 0.25) is 5.95 Å². The lowest BCUT2D eigenvalue weighted by atomic mass is 10.1. The topological polar surface area (TPSA) is 82.2 Å². The highest BCUT2D eigenvalue weighted by molar-refractivity contribution is 5.99. The lowest BCUT2D eigenvalue weighted by Crippen LogP contribution is -2.18. The van der Waals surface area contributed by atoms with Crippen LogP contribution in [0.5, 0.6) is 5.75 Å². The van der Waals surface area contributed by atoms with Crippen molar-refractivity contribution < 1.29 is 13.9 Å². The molecule has 2 aromatic heterocycles. The molecular formula is C22H20N4O3. The predicted molar refractivity (Wildman–Crippen MR) is 109 cm³/mol. The van der Waals surface area contributed by atoms with Crippen LogP contribution in [-0.4, -0.2) is 27.8 Å². The number of nitrogens with one attached hydrogen (secondary N) is 1. The number of aromatic nitrogens is 3. The van der Waals surface area contributed by atoms with Gasteiger partial charge in [0.1, 0.15) is 11.5 Å². The second-order valence-corrected chi connectivity index (χ2v) is 6.48. The molecule has 0 aliphatic carbocycles. The van der Waals surface area contributed by atoms with Crippen LogP contribution in [0.4, 0.5) is 5.95 Å². The average molecular weight is 388 g/mol. The smallest absolute Gasteiger partial charge is 0.285 e. The van der Waals surface area contributed by atoms with Crippen LogP contribution in [0, 0.1) is 6.92 Å². The number of anilines is 1. The van der Waals surface area contributed by atoms with Gasteiger partial charge in [-0.25, -0.2) is 0 Å². The van der Waals surface area contributed by atoms with Gasteiger partial charge in [0.05, 0.1) is 25.5 Å². The summed E-state index contributed by atoms with van der Waals surface area (Å²) in [6, 6.07) is 18.5. The van der Waals surface area contributed by atoms with E-state index >= 15 is 0 Å². The molecular weight excluding hydrogens is 368 g/mol. The van der Waals surface area contributed by atoms with Crippen LogP contribution in [0.1, 0.15) is 21.7 Å². The average Bonchev–Trinajstić information content (AvgIpc) is 3.42. The number of furan rings is 1. The first-order valence-corrected chi connectivity index (χ1v) is 9.14. The Morgan fingerprint density at radius 2 is 1.90 bits per heavy atom. The van der Waals surface area contributed by atoms with Crippen LogP contribution in [0.3, 0.4) is 0 Å². The summed E-state index contributed by atoms with van der Waals surface area (Å²) in [6.45, 7) is 2.38. The van der Waals surface area contributed by atoms with Crippen LogP contribution in [0.25, 0.3) is 11.4 Å². The maximum atomic E-state index is 13.2. The molecule has 0 aliphatic rings. The summed E-state index contributed by atoms with van der Waals surface area (Å²) < 4.78 is 11.9. The number of benzene rings is 2. The second kappa shape index (κ2) is 8.02. The highest BCUT2D eigenvalue weighted by atomic mass is 16.5. The molecule has 0 amide bonds. The minimum Gasteiger partial charge on any atom is -0.496 e. The van der Waals surface area contributed by atoms with E-state index in [4.69, 9.17) is 9.15 Å². The quantitative estimate of drug-likeness (QED) is 0.534. The van der Waals surface area contributed by atoms with Crippen molar-refractivity contribution in [3.63, 3.8) is 0 Å². The van der Waals surface area contributed by atoms with Gasteiger partial charge in [0, 0.05) is 5.56 Å². The first-order valence-electron chi connectivity index (χ1n) is 9.14. The molecule has 0 atom stereocenters. The monoisotopic (exact) mass is 388 g/mol. The summed E-state index contributed by atoms with van der Waals surface area (Å²) in [7, 11) is 1.53. The van der Waals surface area contributed by atoms with Crippen molar-refractivity contribution in [1.29, 1.82) is 0 Å². The van der Waals surface area contributed by atoms with Crippen LogP contribution in [0.15, 0.2) is 71.3 Å². The highest BCUT2D eigenvalue weighted by Gasteiger charge is 2.21. The zero-order chi connectivity index (χ0) is 20.2. The molecule has 4 aromatic rings. The van der Waals surface area contributed by atoms with Crippen molar-refractivity contribution >= 4 is 11.9 Å². The lowest BCUT2D eigenvalue weighted by Gasteiger charge is -2.09. The van der Waals surface area contributed by atoms with Gasteiger partial charge in [-0.1, -0.05) is 42.0 Å². The molecule has 0 bridgehead atoms. The van der Waals surface area contributed by atoms with Crippen LogP contribution < -0.4 is 10.1 Å². The Bertz CT molecular complexity index is 1120. The molecule has 4 rings (SSSR count). The van der Waals surface area contributed by atoms with E-state index in [2.05, 4.69) is 15.4 Å². The molecule has 0 radical (unpaired) electrons. The summed E-state index contributed by atoms with van der Waals surface area (Å²) in [5.41, 5.74) is 2.36. The first kappa shape index (κ1) is 18.5. The Hall–Kier alpha value is -3.87. The number of nitrogens with zero attached hydrogens (tertiary/aromatic N) is 3. The number of methoxy groups -OCH3 is 1. The first-order chi connectivity index (χ1) is 14.2. The van der Waals surface area contributed by atoms with E-state index in [-0.39, 0.29) is 5.91 Å². The zero-order valence-electron chi connectivity index (χ0n) is 16.1. The minimum atomic E-state index is -0.338. The Labute approximate surface area is 168 Å². The van der Waals surface area contributed by atoms with E-state index in [0.29, 0.717) is 29.6 Å². The fourth-order valence-corrected chi connectivity index (χ4v) is 2.91. The molecule has 1 N–H and O–H groups in total. The Balaban J connectivity index is 1.73. The largest absolute Gasteiger partial charge is 0.496 e. The van der Waals surface area contributed by atoms with Crippen LogP contribution >= 0.6 is 0 Å². The molecule has 7 nitrogen and oxygen atoms in total. The van der Waals surface area contributed by atoms with Gasteiger partial charge in [-0.3, -0.25) is 4.79 Å². The van der Waals surface area contributed by atoms with Crippen LogP contribution in [0.2, 0.25) is 0 Å². The maximum absolute atomic E-state index is 13.2. The molecule has 0 unspecified atom stereocenters. The standard InChI is InChI=1S/C22H20N4O3/c1-15-9-11-16(12-10-15)20-24-22(23-14-17-6-5-13-29-17)26(25-20)21(27)18-7-3-4-8-19(18)28-2/h3-13H,14H2,1-2H3,(H,23,24,25). The van der Waals surface area contributed by atoms with Crippen molar-refractivity contribution in [1.82, 2.24) is 14.8 Å². The van der Waals surface area contributed by atoms with Crippen molar-refractivity contribution in [2.45, 2.75) is 13.5 Å². The van der Waals surface area contributed by atoms with Gasteiger partial charge >= 0.3 is 0 Å². The number of aryl methyl sites for hydroxylation is 1. The van der Waals surface area contributed by atoms with E-state index in [1.54, 1.807) is 30.5 Å². The van der Waals surface area contributed by atoms with Crippen molar-refractivity contribution in [3.05, 3.63) is 83.8 Å². The number of carbonyl (C=O) groups excluding carboxylic acids is 1. The zero-order valence-corrected chi connectivity index (χ0v) is 16.1. The third kappa shape index (κ3) is 3.89. The van der Waals surface area contributed by atoms with Gasteiger partial charge in [-0.05, 0) is 31.2 Å². The summed E-state index contributed by atoms with van der Waals surface area (Å²) >= 11 is 0. The summed E-state index contributed by atoms with van der Waals surface area (Å²) in [5, 5.41) is 7.61. The van der Waals surface area contributed by atoms with Gasteiger partial charge in [-0.2, -0.15) is 9.67 Å². The second-order valence-electron chi connectivity index (χ2n) is 6.48. The Morgan fingerprint density at radius 1 is 1.10 bits per heavy atom. The van der Waals surface area contributed by atoms with Crippen molar-refractivity contribution in [2.24, 2.45) is 0 Å². The van der Waals surface area contributed by atoms with E-state index in [9.17, 15) is 4.79 Å². The van der Waals surface area contributed by atoms with Gasteiger partial charge in [0.15, 0.2) is 5.82 Å². The van der Waals surface area contributed by atoms with Gasteiger partial charge in [0.25, 0.3) is 5.91 Å². The molecule has 0 fully saturated rings. The van der Waals surface area contributed by atoms with Crippen molar-refractivity contribution in [2.75, 3.05) is 12.4 Å². The van der Waals surface area contributed by atoms with Gasteiger partial charge < -0.3 is 14.5 Å². The fraction of sp³-hybridized carbons (Fsp3) is 0.136. The maximum Gasteiger partial charge on any atom is 0.285 e. The number of hydrogen-bond acceptors (Lipinski definition) is 6. The van der Waals surface area contributed by atoms with E-state index in [0.717, 1.165) is 16.9 Å². The van der Waals surface area contributed by atoms with Crippen LogP contribution in [-0.2, 0) is 6.54 Å². The third-order valence-corrected chi connectivity index (χ3v) is 4.45. The summed E-state index contributed by atoms with van der Waals surface area (Å²) in [5.74, 6) is 1.64. The minimum absolute atomic E-state index is 0.327. The molecule has 7 heteroatoms. The molecule has 146 valence electrons. The third-order valence-electron chi connectivity index (χ3n) is 4.45. The molecule has 0 aliphatic heterocycles. The Kier molecular flexibility index (Phi) is 5.11. The fourth-order valence-electron chi connectivity index (χ4n) is 2.91. The molecule has 2 aromatic carbocycles. The SMILES string of the molecule is COc1ccccc1C(=O)n1nc(-c2ccc(C)cc2)nc1NCc1ccco1. The number of para-hydroxylation sites is 1. The number of ether oxygens (including phenoxy) is 1. The van der Waals surface area contributed by atoms with E-state index in [1.807, 2.05) is 43.3 Å². The molecule has 29 heavy (non-hydrogen) atoms. The number of hydrogen-bond donors (Lipinski definition) is 1.